The summed E-state index contributed by atoms with van der Waals surface area (Å²) in [6.45, 7) is 0. The molecule has 8 rings (SSSR count). The Morgan fingerprint density at radius 3 is 1.85 bits per heavy atom. The van der Waals surface area contributed by atoms with Gasteiger partial charge in [-0.2, -0.15) is 0 Å². The average Bonchev–Trinajstić information content (AvgIpc) is 3.51. The average molecular weight is 500 g/mol. The molecule has 0 spiro atoms. The van der Waals surface area contributed by atoms with Gasteiger partial charge >= 0.3 is 0 Å². The molecule has 2 nitrogen and oxygen atoms in total. The van der Waals surface area contributed by atoms with E-state index in [1.54, 1.807) is 0 Å². The lowest BCUT2D eigenvalue weighted by Gasteiger charge is -2.34. The van der Waals surface area contributed by atoms with E-state index in [1.807, 2.05) is 12.1 Å². The largest absolute Gasteiger partial charge is 0.456 e. The van der Waals surface area contributed by atoms with Gasteiger partial charge in [-0.1, -0.05) is 109 Å². The molecule has 2 heteroatoms. The fraction of sp³-hybridized carbons (Fsp3) is 0.0270. The van der Waals surface area contributed by atoms with E-state index in [0.29, 0.717) is 0 Å². The molecule has 1 heterocycles. The van der Waals surface area contributed by atoms with Crippen molar-refractivity contribution in [2.75, 3.05) is 5.32 Å². The van der Waals surface area contributed by atoms with Crippen LogP contribution in [0.25, 0.3) is 33.1 Å². The lowest BCUT2D eigenvalue weighted by atomic mass is 9.67. The summed E-state index contributed by atoms with van der Waals surface area (Å²) in [7, 11) is 0. The van der Waals surface area contributed by atoms with Crippen molar-refractivity contribution in [3.63, 3.8) is 0 Å². The number of para-hydroxylation sites is 1. The number of anilines is 2. The Kier molecular flexibility index (Phi) is 4.77. The van der Waals surface area contributed by atoms with Crippen molar-refractivity contribution >= 4 is 33.3 Å². The van der Waals surface area contributed by atoms with Gasteiger partial charge in [0.2, 0.25) is 0 Å². The van der Waals surface area contributed by atoms with Crippen LogP contribution in [0.15, 0.2) is 150 Å². The highest BCUT2D eigenvalue weighted by molar-refractivity contribution is 6.05. The fourth-order valence-corrected chi connectivity index (χ4v) is 6.51. The predicted octanol–water partition coefficient (Wildman–Crippen LogP) is 9.69. The molecule has 7 aromatic rings. The second-order valence-electron chi connectivity index (χ2n) is 10.2. The zero-order valence-electron chi connectivity index (χ0n) is 21.3. The predicted molar refractivity (Wildman–Crippen MR) is 161 cm³/mol. The minimum atomic E-state index is -0.408. The number of rotatable bonds is 4. The Labute approximate surface area is 227 Å². The maximum absolute atomic E-state index is 6.15. The standard InChI is InChI=1S/C37H25NO/c1-2-11-25(12-3-1)37(33-18-7-4-15-29(33)30-16-5-8-19-34(30)37)26-13-10-14-27(23-26)38-28-21-22-32-31-17-6-9-20-35(31)39-36(32)24-28/h1-24,38H. The zero-order chi connectivity index (χ0) is 25.8. The van der Waals surface area contributed by atoms with E-state index in [1.165, 1.54) is 33.4 Å². The van der Waals surface area contributed by atoms with Gasteiger partial charge in [0.15, 0.2) is 0 Å². The molecule has 1 aromatic heterocycles. The van der Waals surface area contributed by atoms with E-state index in [4.69, 9.17) is 4.42 Å². The van der Waals surface area contributed by atoms with Crippen LogP contribution in [0.3, 0.4) is 0 Å². The number of hydrogen-bond donors (Lipinski definition) is 1. The van der Waals surface area contributed by atoms with Gasteiger partial charge < -0.3 is 9.73 Å². The lowest BCUT2D eigenvalue weighted by Crippen LogP contribution is -2.28. The van der Waals surface area contributed by atoms with Crippen LogP contribution in [0.2, 0.25) is 0 Å². The van der Waals surface area contributed by atoms with Crippen LogP contribution in [-0.2, 0) is 5.41 Å². The van der Waals surface area contributed by atoms with E-state index >= 15 is 0 Å². The Hall–Kier alpha value is -5.08. The van der Waals surface area contributed by atoms with E-state index in [0.717, 1.165) is 33.3 Å². The summed E-state index contributed by atoms with van der Waals surface area (Å²) in [6.07, 6.45) is 0. The summed E-state index contributed by atoms with van der Waals surface area (Å²) in [5, 5.41) is 5.94. The van der Waals surface area contributed by atoms with Crippen LogP contribution in [0, 0.1) is 0 Å². The van der Waals surface area contributed by atoms with Gasteiger partial charge in [-0.25, -0.2) is 0 Å². The van der Waals surface area contributed by atoms with Crippen LogP contribution in [0.1, 0.15) is 22.3 Å². The van der Waals surface area contributed by atoms with E-state index < -0.39 is 5.41 Å². The molecule has 0 saturated carbocycles. The van der Waals surface area contributed by atoms with Crippen LogP contribution in [0.5, 0.6) is 0 Å². The first-order valence-electron chi connectivity index (χ1n) is 13.4. The fourth-order valence-electron chi connectivity index (χ4n) is 6.51. The molecule has 0 atom stereocenters. The highest BCUT2D eigenvalue weighted by Crippen LogP contribution is 2.56. The normalized spacial score (nSPS) is 13.3. The number of fused-ring (bicyclic) bond motifs is 6. The first-order chi connectivity index (χ1) is 19.3. The second kappa shape index (κ2) is 8.47. The topological polar surface area (TPSA) is 25.2 Å². The van der Waals surface area contributed by atoms with Gasteiger partial charge in [-0.3, -0.25) is 0 Å². The lowest BCUT2D eigenvalue weighted by molar-refractivity contribution is 0.669. The van der Waals surface area contributed by atoms with Gasteiger partial charge in [0.05, 0.1) is 5.41 Å². The van der Waals surface area contributed by atoms with Gasteiger partial charge in [-0.05, 0) is 63.7 Å². The third-order valence-corrected chi connectivity index (χ3v) is 8.12. The molecule has 184 valence electrons. The molecule has 0 fully saturated rings. The highest BCUT2D eigenvalue weighted by Gasteiger charge is 2.45. The smallest absolute Gasteiger partial charge is 0.137 e. The molecule has 39 heavy (non-hydrogen) atoms. The summed E-state index contributed by atoms with van der Waals surface area (Å²) in [6, 6.07) is 52.0. The first-order valence-corrected chi connectivity index (χ1v) is 13.4. The van der Waals surface area contributed by atoms with Gasteiger partial charge in [-0.15, -0.1) is 0 Å². The molecule has 0 aliphatic heterocycles. The number of hydrogen-bond acceptors (Lipinski definition) is 2. The molecular formula is C37H25NO. The number of benzene rings is 6. The maximum Gasteiger partial charge on any atom is 0.137 e. The summed E-state index contributed by atoms with van der Waals surface area (Å²) < 4.78 is 6.15. The summed E-state index contributed by atoms with van der Waals surface area (Å²) >= 11 is 0. The van der Waals surface area contributed by atoms with Gasteiger partial charge in [0, 0.05) is 28.2 Å². The molecule has 1 aliphatic rings. The Bertz CT molecular complexity index is 1950. The molecule has 1 aliphatic carbocycles. The van der Waals surface area contributed by atoms with Crippen molar-refractivity contribution in [1.82, 2.24) is 0 Å². The SMILES string of the molecule is c1ccc(C2(c3cccc(Nc4ccc5c(c4)oc4ccccc45)c3)c3ccccc3-c3ccccc32)cc1. The third-order valence-electron chi connectivity index (χ3n) is 8.12. The highest BCUT2D eigenvalue weighted by atomic mass is 16.3. The minimum absolute atomic E-state index is 0.408. The van der Waals surface area contributed by atoms with Crippen LogP contribution >= 0.6 is 0 Å². The van der Waals surface area contributed by atoms with Gasteiger partial charge in [0.1, 0.15) is 11.2 Å². The molecule has 0 bridgehead atoms. The minimum Gasteiger partial charge on any atom is -0.456 e. The molecule has 0 amide bonds. The Morgan fingerprint density at radius 1 is 0.436 bits per heavy atom. The number of nitrogens with one attached hydrogen (secondary N) is 1. The molecule has 0 saturated heterocycles. The second-order valence-corrected chi connectivity index (χ2v) is 10.2. The molecule has 0 radical (unpaired) electrons. The quantitative estimate of drug-likeness (QED) is 0.261. The Morgan fingerprint density at radius 2 is 1.05 bits per heavy atom. The van der Waals surface area contributed by atoms with Crippen molar-refractivity contribution in [3.8, 4) is 11.1 Å². The summed E-state index contributed by atoms with van der Waals surface area (Å²) in [5.74, 6) is 0. The molecular weight excluding hydrogens is 474 g/mol. The number of furan rings is 1. The van der Waals surface area contributed by atoms with E-state index in [2.05, 4.69) is 139 Å². The van der Waals surface area contributed by atoms with Crippen molar-refractivity contribution in [3.05, 3.63) is 168 Å². The molecule has 1 N–H and O–H groups in total. The Balaban J connectivity index is 1.29. The van der Waals surface area contributed by atoms with Crippen LogP contribution < -0.4 is 5.32 Å². The first kappa shape index (κ1) is 22.0. The van der Waals surface area contributed by atoms with E-state index in [9.17, 15) is 0 Å². The molecule has 0 unspecified atom stereocenters. The van der Waals surface area contributed by atoms with Gasteiger partial charge in [0.25, 0.3) is 0 Å². The zero-order valence-corrected chi connectivity index (χ0v) is 21.3. The third kappa shape index (κ3) is 3.22. The van der Waals surface area contributed by atoms with E-state index in [-0.39, 0.29) is 0 Å². The van der Waals surface area contributed by atoms with Crippen LogP contribution in [-0.4, -0.2) is 0 Å². The summed E-state index contributed by atoms with van der Waals surface area (Å²) in [5.41, 5.74) is 11.2. The van der Waals surface area contributed by atoms with Crippen molar-refractivity contribution in [2.24, 2.45) is 0 Å². The van der Waals surface area contributed by atoms with Crippen LogP contribution in [0.4, 0.5) is 11.4 Å². The molecule has 6 aromatic carbocycles. The maximum atomic E-state index is 6.15. The van der Waals surface area contributed by atoms with Crippen molar-refractivity contribution in [1.29, 1.82) is 0 Å². The summed E-state index contributed by atoms with van der Waals surface area (Å²) in [4.78, 5) is 0. The monoisotopic (exact) mass is 499 g/mol. The van der Waals surface area contributed by atoms with Crippen molar-refractivity contribution < 1.29 is 4.42 Å². The van der Waals surface area contributed by atoms with Crippen molar-refractivity contribution in [2.45, 2.75) is 5.41 Å².